The second-order valence-electron chi connectivity index (χ2n) is 5.99. The van der Waals surface area contributed by atoms with Crippen LogP contribution in [0.3, 0.4) is 0 Å². The Kier molecular flexibility index (Phi) is 4.04. The molecular formula is C16H24N2O. The van der Waals surface area contributed by atoms with Crippen molar-refractivity contribution >= 4 is 5.71 Å². The molecule has 1 fully saturated rings. The van der Waals surface area contributed by atoms with E-state index < -0.39 is 0 Å². The van der Waals surface area contributed by atoms with Crippen LogP contribution in [0.4, 0.5) is 0 Å². The van der Waals surface area contributed by atoms with Gasteiger partial charge in [-0.25, -0.2) is 0 Å². The zero-order valence-electron chi connectivity index (χ0n) is 12.3. The van der Waals surface area contributed by atoms with Gasteiger partial charge in [0.25, 0.3) is 0 Å². The van der Waals surface area contributed by atoms with Gasteiger partial charge in [-0.3, -0.25) is 9.98 Å². The molecule has 104 valence electrons. The Bertz CT molecular complexity index is 481. The zero-order chi connectivity index (χ0) is 14.0. The van der Waals surface area contributed by atoms with Crippen LogP contribution in [0.25, 0.3) is 0 Å². The molecule has 1 N–H and O–H groups in total. The molecule has 0 amide bonds. The summed E-state index contributed by atoms with van der Waals surface area (Å²) in [6.07, 6.45) is 3.58. The van der Waals surface area contributed by atoms with E-state index in [4.69, 9.17) is 4.99 Å². The number of rotatable bonds is 3. The third-order valence-corrected chi connectivity index (χ3v) is 4.73. The van der Waals surface area contributed by atoms with E-state index in [1.165, 1.54) is 5.56 Å². The summed E-state index contributed by atoms with van der Waals surface area (Å²) >= 11 is 0. The van der Waals surface area contributed by atoms with E-state index in [0.717, 1.165) is 24.2 Å². The zero-order valence-corrected chi connectivity index (χ0v) is 12.3. The first-order valence-electron chi connectivity index (χ1n) is 7.08. The van der Waals surface area contributed by atoms with E-state index in [9.17, 15) is 5.11 Å². The van der Waals surface area contributed by atoms with Gasteiger partial charge in [-0.05, 0) is 50.3 Å². The topological polar surface area (TPSA) is 45.5 Å². The molecule has 1 aromatic rings. The van der Waals surface area contributed by atoms with Crippen molar-refractivity contribution in [3.8, 4) is 0 Å². The van der Waals surface area contributed by atoms with Gasteiger partial charge in [0.2, 0.25) is 0 Å². The molecule has 0 spiro atoms. The van der Waals surface area contributed by atoms with E-state index >= 15 is 0 Å². The number of hydrogen-bond acceptors (Lipinski definition) is 3. The molecule has 1 aromatic heterocycles. The summed E-state index contributed by atoms with van der Waals surface area (Å²) in [7, 11) is 0. The fourth-order valence-electron chi connectivity index (χ4n) is 2.97. The maximum atomic E-state index is 10.1. The monoisotopic (exact) mass is 260 g/mol. The van der Waals surface area contributed by atoms with Gasteiger partial charge in [-0.1, -0.05) is 13.8 Å². The molecule has 0 aliphatic heterocycles. The molecule has 19 heavy (non-hydrogen) atoms. The molecule has 0 aromatic carbocycles. The fourth-order valence-corrected chi connectivity index (χ4v) is 2.97. The number of pyridine rings is 1. The van der Waals surface area contributed by atoms with Crippen molar-refractivity contribution in [2.24, 2.45) is 16.3 Å². The molecule has 1 aliphatic rings. The highest BCUT2D eigenvalue weighted by Crippen LogP contribution is 2.43. The van der Waals surface area contributed by atoms with Gasteiger partial charge < -0.3 is 5.11 Å². The van der Waals surface area contributed by atoms with Crippen molar-refractivity contribution in [3.63, 3.8) is 0 Å². The van der Waals surface area contributed by atoms with Gasteiger partial charge in [-0.15, -0.1) is 0 Å². The first-order chi connectivity index (χ1) is 8.94. The smallest absolute Gasteiger partial charge is 0.0811 e. The molecular weight excluding hydrogens is 236 g/mol. The van der Waals surface area contributed by atoms with Crippen LogP contribution >= 0.6 is 0 Å². The Morgan fingerprint density at radius 1 is 1.58 bits per heavy atom. The van der Waals surface area contributed by atoms with Crippen molar-refractivity contribution in [1.29, 1.82) is 0 Å². The first kappa shape index (κ1) is 14.2. The minimum Gasteiger partial charge on any atom is -0.392 e. The van der Waals surface area contributed by atoms with Gasteiger partial charge in [0, 0.05) is 17.3 Å². The molecule has 0 unspecified atom stereocenters. The lowest BCUT2D eigenvalue weighted by molar-refractivity contribution is 0.0719. The van der Waals surface area contributed by atoms with Crippen molar-refractivity contribution in [2.75, 3.05) is 0 Å². The predicted octanol–water partition coefficient (Wildman–Crippen LogP) is 3.15. The summed E-state index contributed by atoms with van der Waals surface area (Å²) < 4.78 is 0. The molecule has 1 saturated carbocycles. The number of aliphatic hydroxyl groups excluding tert-OH is 1. The third kappa shape index (κ3) is 2.71. The fraction of sp³-hybridized carbons (Fsp3) is 0.625. The molecule has 1 heterocycles. The Balaban J connectivity index is 2.19. The van der Waals surface area contributed by atoms with Gasteiger partial charge in [0.05, 0.1) is 18.3 Å². The highest BCUT2D eigenvalue weighted by atomic mass is 16.3. The van der Waals surface area contributed by atoms with Crippen LogP contribution in [-0.4, -0.2) is 21.9 Å². The number of aliphatic imine (C=N–C) groups is 1. The second kappa shape index (κ2) is 5.41. The second-order valence-corrected chi connectivity index (χ2v) is 5.99. The van der Waals surface area contributed by atoms with Gasteiger partial charge in [0.1, 0.15) is 0 Å². The molecule has 1 aliphatic carbocycles. The van der Waals surface area contributed by atoms with Gasteiger partial charge in [-0.2, -0.15) is 0 Å². The van der Waals surface area contributed by atoms with Crippen LogP contribution in [0.1, 0.15) is 44.9 Å². The van der Waals surface area contributed by atoms with Crippen LogP contribution in [0, 0.1) is 18.3 Å². The van der Waals surface area contributed by atoms with Crippen LogP contribution in [-0.2, 0) is 6.54 Å². The van der Waals surface area contributed by atoms with Crippen LogP contribution in [0.15, 0.2) is 23.3 Å². The molecule has 0 saturated heterocycles. The molecule has 0 bridgehead atoms. The maximum absolute atomic E-state index is 10.1. The lowest BCUT2D eigenvalue weighted by Gasteiger charge is -2.33. The average Bonchev–Trinajstić information content (AvgIpc) is 2.65. The highest BCUT2D eigenvalue weighted by Gasteiger charge is 2.44. The lowest BCUT2D eigenvalue weighted by Crippen LogP contribution is -2.38. The van der Waals surface area contributed by atoms with Crippen LogP contribution in [0.2, 0.25) is 0 Å². The van der Waals surface area contributed by atoms with Crippen LogP contribution in [0.5, 0.6) is 0 Å². The third-order valence-electron chi connectivity index (χ3n) is 4.73. The summed E-state index contributed by atoms with van der Waals surface area (Å²) in [4.78, 5) is 9.10. The van der Waals surface area contributed by atoms with Crippen LogP contribution < -0.4 is 0 Å². The van der Waals surface area contributed by atoms with E-state index in [1.807, 2.05) is 19.2 Å². The maximum Gasteiger partial charge on any atom is 0.0811 e. The minimum absolute atomic E-state index is 0.177. The molecule has 3 nitrogen and oxygen atoms in total. The van der Waals surface area contributed by atoms with E-state index in [1.54, 1.807) is 0 Å². The number of aromatic nitrogens is 1. The van der Waals surface area contributed by atoms with Crippen molar-refractivity contribution in [1.82, 2.24) is 4.98 Å². The summed E-state index contributed by atoms with van der Waals surface area (Å²) in [5, 5.41) is 10.1. The largest absolute Gasteiger partial charge is 0.392 e. The average molecular weight is 260 g/mol. The Labute approximate surface area is 115 Å². The first-order valence-corrected chi connectivity index (χ1v) is 7.08. The number of nitrogens with zero attached hydrogens (tertiary/aromatic N) is 2. The minimum atomic E-state index is -0.353. The van der Waals surface area contributed by atoms with Crippen molar-refractivity contribution in [2.45, 2.75) is 53.2 Å². The Hall–Kier alpha value is -1.22. The van der Waals surface area contributed by atoms with Crippen molar-refractivity contribution < 1.29 is 5.11 Å². The lowest BCUT2D eigenvalue weighted by atomic mass is 9.75. The van der Waals surface area contributed by atoms with E-state index in [-0.39, 0.29) is 11.5 Å². The number of aryl methyl sites for hydroxylation is 1. The van der Waals surface area contributed by atoms with E-state index in [0.29, 0.717) is 12.5 Å². The summed E-state index contributed by atoms with van der Waals surface area (Å²) in [6, 6.07) is 4.07. The van der Waals surface area contributed by atoms with Gasteiger partial charge >= 0.3 is 0 Å². The molecule has 0 radical (unpaired) electrons. The molecule has 3 atom stereocenters. The standard InChI is InChI=1S/C16H24N2O/c1-11-7-8-17-14(9-11)10-18-15-6-5-12(2)16(15,4)13(3)19/h7-9,12-13,19H,5-6,10H2,1-4H3/t12-,13-,16-/m1/s1. The SMILES string of the molecule is Cc1ccnc(CN=C2CC[C@@H](C)[C@]2(C)[C@@H](C)O)c1. The Morgan fingerprint density at radius 2 is 2.32 bits per heavy atom. The summed E-state index contributed by atoms with van der Waals surface area (Å²) in [5.74, 6) is 0.483. The van der Waals surface area contributed by atoms with Gasteiger partial charge in [0.15, 0.2) is 0 Å². The predicted molar refractivity (Wildman–Crippen MR) is 78.3 cm³/mol. The summed E-state index contributed by atoms with van der Waals surface area (Å²) in [5.41, 5.74) is 3.19. The van der Waals surface area contributed by atoms with E-state index in [2.05, 4.69) is 31.8 Å². The highest BCUT2D eigenvalue weighted by molar-refractivity contribution is 5.92. The quantitative estimate of drug-likeness (QED) is 0.907. The number of hydrogen-bond donors (Lipinski definition) is 1. The summed E-state index contributed by atoms with van der Waals surface area (Å²) in [6.45, 7) is 8.90. The molecule has 2 rings (SSSR count). The van der Waals surface area contributed by atoms with Crippen molar-refractivity contribution in [3.05, 3.63) is 29.6 Å². The normalized spacial score (nSPS) is 30.8. The molecule has 3 heteroatoms. The Morgan fingerprint density at radius 3 is 2.95 bits per heavy atom. The number of aliphatic hydroxyl groups is 1.